The van der Waals surface area contributed by atoms with E-state index in [9.17, 15) is 10.1 Å². The topological polar surface area (TPSA) is 121 Å². The molecule has 30 heavy (non-hydrogen) atoms. The molecule has 9 heteroatoms. The van der Waals surface area contributed by atoms with E-state index < -0.39 is 4.92 Å². The van der Waals surface area contributed by atoms with Gasteiger partial charge >= 0.3 is 0 Å². The lowest BCUT2D eigenvalue weighted by molar-refractivity contribution is -0.384. The highest BCUT2D eigenvalue weighted by atomic mass is 16.6. The van der Waals surface area contributed by atoms with Crippen LogP contribution in [0, 0.1) is 22.5 Å². The number of aliphatic hydroxyl groups excluding tert-OH is 2. The highest BCUT2D eigenvalue weighted by Crippen LogP contribution is 2.33. The van der Waals surface area contributed by atoms with Crippen LogP contribution in [-0.4, -0.2) is 48.0 Å². The highest BCUT2D eigenvalue weighted by molar-refractivity contribution is 5.57. The number of nitro groups is 1. The van der Waals surface area contributed by atoms with E-state index in [-0.39, 0.29) is 24.7 Å². The van der Waals surface area contributed by atoms with Crippen LogP contribution in [0.1, 0.15) is 12.8 Å². The molecule has 0 unspecified atom stereocenters. The number of benzene rings is 2. The van der Waals surface area contributed by atoms with Crippen molar-refractivity contribution in [3.8, 4) is 18.1 Å². The number of unbranched alkanes of at least 4 members (excludes halogenated alkanes) is 1. The molecule has 0 atom stereocenters. The van der Waals surface area contributed by atoms with E-state index in [2.05, 4.69) is 16.1 Å². The third-order valence-corrected chi connectivity index (χ3v) is 4.11. The zero-order valence-corrected chi connectivity index (χ0v) is 16.5. The lowest BCUT2D eigenvalue weighted by atomic mass is 10.2. The summed E-state index contributed by atoms with van der Waals surface area (Å²) >= 11 is 0. The molecule has 2 rings (SSSR count). The Balaban J connectivity index is 2.17. The summed E-state index contributed by atoms with van der Waals surface area (Å²) in [6.45, 7) is 1.08. The largest absolute Gasteiger partial charge is 0.491 e. The molecule has 158 valence electrons. The molecule has 9 nitrogen and oxygen atoms in total. The van der Waals surface area contributed by atoms with E-state index in [4.69, 9.17) is 21.4 Å². The lowest BCUT2D eigenvalue weighted by Gasteiger charge is -2.22. The van der Waals surface area contributed by atoms with Crippen molar-refractivity contribution in [3.05, 3.63) is 52.6 Å². The van der Waals surface area contributed by atoms with Gasteiger partial charge < -0.3 is 19.8 Å². The summed E-state index contributed by atoms with van der Waals surface area (Å²) in [7, 11) is 0. The summed E-state index contributed by atoms with van der Waals surface area (Å²) in [5.74, 6) is 2.77. The summed E-state index contributed by atoms with van der Waals surface area (Å²) in [6.07, 6.45) is 6.38. The molecular formula is C21H24N4O5. The van der Waals surface area contributed by atoms with Gasteiger partial charge in [-0.2, -0.15) is 5.11 Å². The monoisotopic (exact) mass is 412 g/mol. The zero-order chi connectivity index (χ0) is 21.8. The second-order valence-corrected chi connectivity index (χ2v) is 6.22. The first-order valence-electron chi connectivity index (χ1n) is 9.42. The Morgan fingerprint density at radius 2 is 1.80 bits per heavy atom. The highest BCUT2D eigenvalue weighted by Gasteiger charge is 2.12. The fourth-order valence-electron chi connectivity index (χ4n) is 2.62. The molecule has 0 aliphatic carbocycles. The minimum atomic E-state index is -0.502. The van der Waals surface area contributed by atoms with E-state index in [1.54, 1.807) is 12.1 Å². The van der Waals surface area contributed by atoms with Crippen LogP contribution in [0.5, 0.6) is 5.75 Å². The molecule has 0 amide bonds. The summed E-state index contributed by atoms with van der Waals surface area (Å²) in [5.41, 5.74) is 1.68. The van der Waals surface area contributed by atoms with Gasteiger partial charge in [0, 0.05) is 31.3 Å². The molecular weight excluding hydrogens is 388 g/mol. The Morgan fingerprint density at radius 1 is 1.10 bits per heavy atom. The molecule has 2 N–H and O–H groups in total. The van der Waals surface area contributed by atoms with Gasteiger partial charge in [0.2, 0.25) is 0 Å². The quantitative estimate of drug-likeness (QED) is 0.181. The average Bonchev–Trinajstić information content (AvgIpc) is 2.76. The molecule has 0 aliphatic heterocycles. The minimum Gasteiger partial charge on any atom is -0.491 e. The van der Waals surface area contributed by atoms with Crippen LogP contribution in [0.3, 0.4) is 0 Å². The Labute approximate surface area is 174 Å². The maximum atomic E-state index is 11.0. The third-order valence-electron chi connectivity index (χ3n) is 4.11. The number of nitro benzene ring substituents is 1. The first kappa shape index (κ1) is 22.8. The van der Waals surface area contributed by atoms with E-state index in [0.717, 1.165) is 5.69 Å². The predicted octanol–water partition coefficient (Wildman–Crippen LogP) is 3.59. The zero-order valence-electron chi connectivity index (χ0n) is 16.5. The number of anilines is 1. The maximum Gasteiger partial charge on any atom is 0.273 e. The third kappa shape index (κ3) is 6.84. The molecule has 0 aliphatic rings. The number of nitrogens with zero attached hydrogens (tertiary/aromatic N) is 4. The van der Waals surface area contributed by atoms with Crippen molar-refractivity contribution in [2.45, 2.75) is 12.8 Å². The molecule has 0 radical (unpaired) electrons. The Bertz CT molecular complexity index is 887. The summed E-state index contributed by atoms with van der Waals surface area (Å²) < 4.78 is 5.62. The fraction of sp³-hybridized carbons (Fsp3) is 0.333. The van der Waals surface area contributed by atoms with Crippen molar-refractivity contribution in [1.29, 1.82) is 0 Å². The van der Waals surface area contributed by atoms with Crippen LogP contribution in [0.15, 0.2) is 52.7 Å². The number of ether oxygens (including phenoxy) is 1. The second kappa shape index (κ2) is 12.2. The number of azo groups is 1. The van der Waals surface area contributed by atoms with Gasteiger partial charge in [0.1, 0.15) is 5.69 Å². The van der Waals surface area contributed by atoms with Gasteiger partial charge in [0.15, 0.2) is 5.75 Å². The van der Waals surface area contributed by atoms with Crippen molar-refractivity contribution in [3.63, 3.8) is 0 Å². The van der Waals surface area contributed by atoms with E-state index in [1.165, 1.54) is 18.2 Å². The standard InChI is InChI=1S/C21H24N4O5/c1-2-3-4-15-30-21-16-19(25(28)29)9-10-20(21)23-22-17-5-7-18(8-6-17)24(11-13-26)12-14-27/h1,5-10,16,26-27H,3-4,11-15H2. The molecule has 0 heterocycles. The molecule has 2 aromatic carbocycles. The molecule has 0 spiro atoms. The number of hydrogen-bond acceptors (Lipinski definition) is 8. The first-order chi connectivity index (χ1) is 14.6. The first-order valence-corrected chi connectivity index (χ1v) is 9.42. The molecule has 0 bridgehead atoms. The van der Waals surface area contributed by atoms with Gasteiger partial charge in [-0.25, -0.2) is 0 Å². The summed E-state index contributed by atoms with van der Waals surface area (Å²) in [6, 6.07) is 11.3. The van der Waals surface area contributed by atoms with E-state index in [1.807, 2.05) is 17.0 Å². The molecule has 0 saturated carbocycles. The molecule has 0 aromatic heterocycles. The van der Waals surface area contributed by atoms with Gasteiger partial charge in [-0.15, -0.1) is 17.5 Å². The second-order valence-electron chi connectivity index (χ2n) is 6.22. The molecule has 0 fully saturated rings. The predicted molar refractivity (Wildman–Crippen MR) is 114 cm³/mol. The van der Waals surface area contributed by atoms with Gasteiger partial charge in [-0.05, 0) is 36.8 Å². The number of aliphatic hydroxyl groups is 2. The number of non-ortho nitro benzene ring substituents is 1. The Hall–Kier alpha value is -3.48. The number of hydrogen-bond donors (Lipinski definition) is 2. The van der Waals surface area contributed by atoms with Gasteiger partial charge in [-0.1, -0.05) is 0 Å². The summed E-state index contributed by atoms with van der Waals surface area (Å²) in [5, 5.41) is 37.7. The summed E-state index contributed by atoms with van der Waals surface area (Å²) in [4.78, 5) is 12.4. The normalized spacial score (nSPS) is 10.7. The van der Waals surface area contributed by atoms with Crippen LogP contribution in [0.4, 0.5) is 22.7 Å². The van der Waals surface area contributed by atoms with Crippen molar-refractivity contribution in [2.75, 3.05) is 37.8 Å². The average molecular weight is 412 g/mol. The van der Waals surface area contributed by atoms with Gasteiger partial charge in [-0.3, -0.25) is 10.1 Å². The van der Waals surface area contributed by atoms with Crippen LogP contribution >= 0.6 is 0 Å². The minimum absolute atomic E-state index is 0.0221. The number of terminal acetylenes is 1. The van der Waals surface area contributed by atoms with Crippen molar-refractivity contribution in [1.82, 2.24) is 0 Å². The Kier molecular flexibility index (Phi) is 9.24. The van der Waals surface area contributed by atoms with Gasteiger partial charge in [0.25, 0.3) is 5.69 Å². The lowest BCUT2D eigenvalue weighted by Crippen LogP contribution is -2.29. The van der Waals surface area contributed by atoms with Crippen molar-refractivity contribution >= 4 is 22.7 Å². The van der Waals surface area contributed by atoms with E-state index in [0.29, 0.717) is 43.9 Å². The SMILES string of the molecule is C#CCCCOc1cc([N+](=O)[O-])ccc1N=Nc1ccc(N(CCO)CCO)cc1. The molecule has 0 saturated heterocycles. The van der Waals surface area contributed by atoms with Crippen LogP contribution in [0.2, 0.25) is 0 Å². The smallest absolute Gasteiger partial charge is 0.273 e. The Morgan fingerprint density at radius 3 is 2.40 bits per heavy atom. The maximum absolute atomic E-state index is 11.0. The van der Waals surface area contributed by atoms with E-state index >= 15 is 0 Å². The number of rotatable bonds is 12. The van der Waals surface area contributed by atoms with Crippen LogP contribution < -0.4 is 9.64 Å². The van der Waals surface area contributed by atoms with Crippen molar-refractivity contribution in [2.24, 2.45) is 10.2 Å². The van der Waals surface area contributed by atoms with Crippen LogP contribution in [0.25, 0.3) is 0 Å². The van der Waals surface area contributed by atoms with Crippen LogP contribution in [-0.2, 0) is 0 Å². The fourth-order valence-corrected chi connectivity index (χ4v) is 2.62. The van der Waals surface area contributed by atoms with Crippen molar-refractivity contribution < 1.29 is 19.9 Å². The molecule has 2 aromatic rings. The van der Waals surface area contributed by atoms with Gasteiger partial charge in [0.05, 0.1) is 36.5 Å².